The van der Waals surface area contributed by atoms with E-state index in [1.807, 2.05) is 0 Å². The standard InChI is InChI=1S/C11H24BrN/c1-4-11(5-2)13(3)10-8-6-7-9-12/h11H,4-10H2,1-3H3. The van der Waals surface area contributed by atoms with Crippen LogP contribution in [0.3, 0.4) is 0 Å². The Morgan fingerprint density at radius 3 is 2.15 bits per heavy atom. The van der Waals surface area contributed by atoms with Crippen LogP contribution in [0, 0.1) is 0 Å². The Bertz CT molecular complexity index is 102. The van der Waals surface area contributed by atoms with Crippen molar-refractivity contribution >= 4 is 15.9 Å². The number of unbranched alkanes of at least 4 members (excludes halogenated alkanes) is 2. The van der Waals surface area contributed by atoms with Gasteiger partial charge in [-0.15, -0.1) is 0 Å². The average molecular weight is 250 g/mol. The van der Waals surface area contributed by atoms with Crippen molar-refractivity contribution in [3.63, 3.8) is 0 Å². The van der Waals surface area contributed by atoms with Gasteiger partial charge in [-0.25, -0.2) is 0 Å². The quantitative estimate of drug-likeness (QED) is 0.469. The van der Waals surface area contributed by atoms with Gasteiger partial charge in [-0.3, -0.25) is 0 Å². The molecule has 0 atom stereocenters. The van der Waals surface area contributed by atoms with Gasteiger partial charge in [0.15, 0.2) is 0 Å². The van der Waals surface area contributed by atoms with E-state index in [1.54, 1.807) is 0 Å². The van der Waals surface area contributed by atoms with Crippen LogP contribution in [-0.4, -0.2) is 29.9 Å². The summed E-state index contributed by atoms with van der Waals surface area (Å²) in [6, 6.07) is 0.795. The van der Waals surface area contributed by atoms with E-state index in [-0.39, 0.29) is 0 Å². The first-order valence-electron chi connectivity index (χ1n) is 5.52. The van der Waals surface area contributed by atoms with Crippen molar-refractivity contribution in [2.45, 2.75) is 52.0 Å². The van der Waals surface area contributed by atoms with Gasteiger partial charge < -0.3 is 4.90 Å². The van der Waals surface area contributed by atoms with Crippen LogP contribution in [0.4, 0.5) is 0 Å². The second kappa shape index (κ2) is 9.01. The number of alkyl halides is 1. The number of rotatable bonds is 8. The molecule has 0 saturated heterocycles. The third-order valence-electron chi connectivity index (χ3n) is 2.71. The zero-order chi connectivity index (χ0) is 10.1. The van der Waals surface area contributed by atoms with E-state index in [0.717, 1.165) is 11.4 Å². The summed E-state index contributed by atoms with van der Waals surface area (Å²) in [5.41, 5.74) is 0. The summed E-state index contributed by atoms with van der Waals surface area (Å²) in [7, 11) is 2.26. The van der Waals surface area contributed by atoms with Crippen LogP contribution < -0.4 is 0 Å². The van der Waals surface area contributed by atoms with E-state index in [4.69, 9.17) is 0 Å². The average Bonchev–Trinajstić information content (AvgIpc) is 2.14. The minimum absolute atomic E-state index is 0.795. The van der Waals surface area contributed by atoms with Gasteiger partial charge in [0, 0.05) is 11.4 Å². The monoisotopic (exact) mass is 249 g/mol. The molecule has 0 aliphatic rings. The predicted molar refractivity (Wildman–Crippen MR) is 64.6 cm³/mol. The van der Waals surface area contributed by atoms with Crippen LogP contribution in [0.25, 0.3) is 0 Å². The van der Waals surface area contributed by atoms with Gasteiger partial charge in [0.05, 0.1) is 0 Å². The molecule has 0 aromatic rings. The van der Waals surface area contributed by atoms with Gasteiger partial charge in [0.25, 0.3) is 0 Å². The normalized spacial score (nSPS) is 11.5. The van der Waals surface area contributed by atoms with Gasteiger partial charge in [-0.05, 0) is 39.3 Å². The van der Waals surface area contributed by atoms with Crippen molar-refractivity contribution in [1.82, 2.24) is 4.90 Å². The fourth-order valence-electron chi connectivity index (χ4n) is 1.73. The number of hydrogen-bond donors (Lipinski definition) is 0. The number of nitrogens with zero attached hydrogens (tertiary/aromatic N) is 1. The molecule has 0 aliphatic heterocycles. The van der Waals surface area contributed by atoms with E-state index >= 15 is 0 Å². The lowest BCUT2D eigenvalue weighted by molar-refractivity contribution is 0.225. The fourth-order valence-corrected chi connectivity index (χ4v) is 2.12. The maximum absolute atomic E-state index is 3.46. The largest absolute Gasteiger partial charge is 0.303 e. The Labute approximate surface area is 92.0 Å². The first-order chi connectivity index (χ1) is 6.26. The zero-order valence-electron chi connectivity index (χ0n) is 9.35. The minimum atomic E-state index is 0.795. The number of hydrogen-bond acceptors (Lipinski definition) is 1. The molecule has 13 heavy (non-hydrogen) atoms. The van der Waals surface area contributed by atoms with E-state index in [0.29, 0.717) is 0 Å². The fraction of sp³-hybridized carbons (Fsp3) is 1.00. The smallest absolute Gasteiger partial charge is 0.00869 e. The summed E-state index contributed by atoms with van der Waals surface area (Å²) in [4.78, 5) is 2.51. The van der Waals surface area contributed by atoms with Crippen molar-refractivity contribution in [3.8, 4) is 0 Å². The summed E-state index contributed by atoms with van der Waals surface area (Å²) < 4.78 is 0. The summed E-state index contributed by atoms with van der Waals surface area (Å²) in [5.74, 6) is 0. The first kappa shape index (κ1) is 13.4. The Balaban J connectivity index is 3.42. The molecule has 0 bridgehead atoms. The highest BCUT2D eigenvalue weighted by Crippen LogP contribution is 2.08. The topological polar surface area (TPSA) is 3.24 Å². The lowest BCUT2D eigenvalue weighted by Gasteiger charge is -2.25. The molecular weight excluding hydrogens is 226 g/mol. The Kier molecular flexibility index (Phi) is 9.32. The van der Waals surface area contributed by atoms with Crippen LogP contribution in [0.2, 0.25) is 0 Å². The number of halogens is 1. The third kappa shape index (κ3) is 6.50. The van der Waals surface area contributed by atoms with Crippen molar-refractivity contribution in [1.29, 1.82) is 0 Å². The van der Waals surface area contributed by atoms with Gasteiger partial charge >= 0.3 is 0 Å². The highest BCUT2D eigenvalue weighted by atomic mass is 79.9. The van der Waals surface area contributed by atoms with Crippen LogP contribution in [0.1, 0.15) is 46.0 Å². The maximum atomic E-state index is 3.46. The molecule has 0 radical (unpaired) electrons. The van der Waals surface area contributed by atoms with Gasteiger partial charge in [0.2, 0.25) is 0 Å². The Hall–Kier alpha value is 0.440. The maximum Gasteiger partial charge on any atom is 0.00869 e. The summed E-state index contributed by atoms with van der Waals surface area (Å²) in [6.07, 6.45) is 6.59. The molecular formula is C11H24BrN. The molecule has 0 spiro atoms. The van der Waals surface area contributed by atoms with Crippen LogP contribution in [0.5, 0.6) is 0 Å². The van der Waals surface area contributed by atoms with Crippen molar-refractivity contribution in [2.75, 3.05) is 18.9 Å². The summed E-state index contributed by atoms with van der Waals surface area (Å²) in [5, 5.41) is 1.15. The summed E-state index contributed by atoms with van der Waals surface area (Å²) in [6.45, 7) is 5.83. The molecule has 2 heteroatoms. The molecule has 0 saturated carbocycles. The molecule has 0 aromatic heterocycles. The van der Waals surface area contributed by atoms with E-state index < -0.39 is 0 Å². The van der Waals surface area contributed by atoms with Crippen LogP contribution >= 0.6 is 15.9 Å². The lowest BCUT2D eigenvalue weighted by atomic mass is 10.1. The summed E-state index contributed by atoms with van der Waals surface area (Å²) >= 11 is 3.46. The second-order valence-electron chi connectivity index (χ2n) is 3.70. The third-order valence-corrected chi connectivity index (χ3v) is 3.27. The lowest BCUT2D eigenvalue weighted by Crippen LogP contribution is -2.31. The van der Waals surface area contributed by atoms with Crippen LogP contribution in [-0.2, 0) is 0 Å². The van der Waals surface area contributed by atoms with Crippen molar-refractivity contribution in [2.24, 2.45) is 0 Å². The van der Waals surface area contributed by atoms with Crippen LogP contribution in [0.15, 0.2) is 0 Å². The van der Waals surface area contributed by atoms with Gasteiger partial charge in [0.1, 0.15) is 0 Å². The molecule has 0 unspecified atom stereocenters. The second-order valence-corrected chi connectivity index (χ2v) is 4.49. The highest BCUT2D eigenvalue weighted by molar-refractivity contribution is 9.09. The minimum Gasteiger partial charge on any atom is -0.303 e. The molecule has 0 N–H and O–H groups in total. The SMILES string of the molecule is CCC(CC)N(C)CCCCCBr. The first-order valence-corrected chi connectivity index (χ1v) is 6.64. The van der Waals surface area contributed by atoms with E-state index in [1.165, 1.54) is 38.6 Å². The molecule has 0 aliphatic carbocycles. The van der Waals surface area contributed by atoms with Gasteiger partial charge in [-0.2, -0.15) is 0 Å². The van der Waals surface area contributed by atoms with E-state index in [9.17, 15) is 0 Å². The zero-order valence-corrected chi connectivity index (χ0v) is 10.9. The van der Waals surface area contributed by atoms with E-state index in [2.05, 4.69) is 41.7 Å². The highest BCUT2D eigenvalue weighted by Gasteiger charge is 2.08. The molecule has 80 valence electrons. The molecule has 1 nitrogen and oxygen atoms in total. The molecule has 0 heterocycles. The van der Waals surface area contributed by atoms with Crippen molar-refractivity contribution < 1.29 is 0 Å². The van der Waals surface area contributed by atoms with Gasteiger partial charge in [-0.1, -0.05) is 36.2 Å². The predicted octanol–water partition coefficient (Wildman–Crippen LogP) is 3.67. The molecule has 0 amide bonds. The van der Waals surface area contributed by atoms with Crippen molar-refractivity contribution in [3.05, 3.63) is 0 Å². The Morgan fingerprint density at radius 2 is 1.69 bits per heavy atom. The molecule has 0 fully saturated rings. The molecule has 0 rings (SSSR count). The molecule has 0 aromatic carbocycles. The Morgan fingerprint density at radius 1 is 1.08 bits per heavy atom.